The minimum Gasteiger partial charge on any atom is -0.347 e. The minimum atomic E-state index is -0.973. The van der Waals surface area contributed by atoms with Crippen LogP contribution in [0.15, 0.2) is 14.4 Å². The van der Waals surface area contributed by atoms with Crippen LogP contribution < -0.4 is 17.1 Å². The Hall–Kier alpha value is -1.71. The molecule has 0 aliphatic carbocycles. The molecule has 0 aromatic carbocycles. The summed E-state index contributed by atoms with van der Waals surface area (Å²) in [5, 5.41) is 0. The van der Waals surface area contributed by atoms with Crippen LogP contribution in [0.1, 0.15) is 40.0 Å². The Morgan fingerprint density at radius 3 is 1.00 bits per heavy atom. The number of nitrogens with zero attached hydrogens (tertiary/aromatic N) is 3. The molecule has 0 amide bonds. The van der Waals surface area contributed by atoms with E-state index in [9.17, 15) is 14.4 Å². The molecule has 3 aliphatic heterocycles. The molecule has 0 saturated carbocycles. The largest absolute Gasteiger partial charge is 0.347 e. The van der Waals surface area contributed by atoms with Gasteiger partial charge in [0.15, 0.2) is 17.2 Å². The Balaban J connectivity index is 2.08. The Labute approximate surface area is 137 Å². The van der Waals surface area contributed by atoms with E-state index < -0.39 is 34.2 Å². The fourth-order valence-electron chi connectivity index (χ4n) is 3.32. The normalized spacial score (nSPS) is 36.6. The number of hydrogen-bond donors (Lipinski definition) is 0. The summed E-state index contributed by atoms with van der Waals surface area (Å²) in [6.45, 7) is 6.34. The van der Waals surface area contributed by atoms with Crippen LogP contribution in [-0.2, 0) is 31.4 Å². The zero-order chi connectivity index (χ0) is 17.3. The zero-order valence-electron chi connectivity index (χ0n) is 14.0. The Kier molecular flexibility index (Phi) is 3.08. The van der Waals surface area contributed by atoms with Gasteiger partial charge in [0.1, 0.15) is 0 Å². The van der Waals surface area contributed by atoms with Crippen molar-refractivity contribution in [2.45, 2.75) is 57.2 Å². The second-order valence-corrected chi connectivity index (χ2v) is 6.62. The molecule has 4 rings (SSSR count). The van der Waals surface area contributed by atoms with E-state index in [1.165, 1.54) is 0 Å². The van der Waals surface area contributed by atoms with E-state index in [-0.39, 0.29) is 19.8 Å². The second kappa shape index (κ2) is 4.68. The van der Waals surface area contributed by atoms with Gasteiger partial charge in [0, 0.05) is 0 Å². The van der Waals surface area contributed by atoms with Crippen molar-refractivity contribution in [3.8, 4) is 0 Å². The van der Waals surface area contributed by atoms with Gasteiger partial charge in [-0.15, -0.1) is 0 Å². The number of epoxide rings is 3. The first-order chi connectivity index (χ1) is 11.4. The lowest BCUT2D eigenvalue weighted by atomic mass is 10.2. The highest BCUT2D eigenvalue weighted by Crippen LogP contribution is 2.38. The summed E-state index contributed by atoms with van der Waals surface area (Å²) in [5.74, 6) is 0. The molecule has 4 heterocycles. The van der Waals surface area contributed by atoms with Crippen LogP contribution in [0.25, 0.3) is 0 Å². The van der Waals surface area contributed by atoms with E-state index in [1.807, 2.05) is 20.8 Å². The predicted molar refractivity (Wildman–Crippen MR) is 81.9 cm³/mol. The van der Waals surface area contributed by atoms with Crippen molar-refractivity contribution in [3.63, 3.8) is 0 Å². The van der Waals surface area contributed by atoms with Gasteiger partial charge in [0.05, 0.1) is 19.8 Å². The molecule has 3 atom stereocenters. The first-order valence-corrected chi connectivity index (χ1v) is 8.35. The van der Waals surface area contributed by atoms with E-state index >= 15 is 0 Å². The van der Waals surface area contributed by atoms with Gasteiger partial charge in [0.2, 0.25) is 0 Å². The van der Waals surface area contributed by atoms with E-state index in [2.05, 4.69) is 0 Å². The van der Waals surface area contributed by atoms with Crippen molar-refractivity contribution in [1.29, 1.82) is 0 Å². The number of aromatic nitrogens is 3. The van der Waals surface area contributed by atoms with E-state index in [0.29, 0.717) is 19.3 Å². The van der Waals surface area contributed by atoms with Gasteiger partial charge in [-0.05, 0) is 19.3 Å². The molecule has 3 fully saturated rings. The fraction of sp³-hybridized carbons (Fsp3) is 0.800. The average molecular weight is 339 g/mol. The standard InChI is InChI=1S/C15H21N3O6/c1-4-13(7-22-13)16-10(19)17(14(5-2)8-23-14)12(21)18(11(16)20)15(6-3)9-24-15/h4-9H2,1-3H3. The van der Waals surface area contributed by atoms with Crippen molar-refractivity contribution in [1.82, 2.24) is 13.7 Å². The van der Waals surface area contributed by atoms with E-state index in [1.54, 1.807) is 0 Å². The van der Waals surface area contributed by atoms with E-state index in [0.717, 1.165) is 13.7 Å². The monoisotopic (exact) mass is 339 g/mol. The number of hydrogen-bond acceptors (Lipinski definition) is 6. The molecule has 1 aromatic heterocycles. The van der Waals surface area contributed by atoms with Crippen LogP contribution in [-0.4, -0.2) is 33.5 Å². The van der Waals surface area contributed by atoms with Gasteiger partial charge in [-0.2, -0.15) is 0 Å². The highest BCUT2D eigenvalue weighted by Gasteiger charge is 2.56. The summed E-state index contributed by atoms with van der Waals surface area (Å²) >= 11 is 0. The Bertz CT molecular complexity index is 722. The van der Waals surface area contributed by atoms with Gasteiger partial charge >= 0.3 is 17.1 Å². The third kappa shape index (κ3) is 1.83. The van der Waals surface area contributed by atoms with Crippen LogP contribution in [0.2, 0.25) is 0 Å². The summed E-state index contributed by atoms with van der Waals surface area (Å²) in [7, 11) is 0. The van der Waals surface area contributed by atoms with Gasteiger partial charge in [-0.3, -0.25) is 0 Å². The predicted octanol–water partition coefficient (Wildman–Crippen LogP) is -0.549. The van der Waals surface area contributed by atoms with Crippen LogP contribution in [0.3, 0.4) is 0 Å². The molecule has 24 heavy (non-hydrogen) atoms. The molecule has 132 valence electrons. The fourth-order valence-corrected chi connectivity index (χ4v) is 3.32. The molecule has 0 spiro atoms. The lowest BCUT2D eigenvalue weighted by Gasteiger charge is -2.22. The molecule has 1 aromatic rings. The van der Waals surface area contributed by atoms with Crippen LogP contribution in [0.5, 0.6) is 0 Å². The third-order valence-corrected chi connectivity index (χ3v) is 5.46. The summed E-state index contributed by atoms with van der Waals surface area (Å²) in [6, 6.07) is 0. The van der Waals surface area contributed by atoms with Gasteiger partial charge in [-0.25, -0.2) is 28.1 Å². The number of rotatable bonds is 6. The molecule has 0 bridgehead atoms. The molecular weight excluding hydrogens is 318 g/mol. The smallest absolute Gasteiger partial charge is 0.341 e. The summed E-state index contributed by atoms with van der Waals surface area (Å²) < 4.78 is 19.5. The van der Waals surface area contributed by atoms with Crippen LogP contribution in [0.4, 0.5) is 0 Å². The van der Waals surface area contributed by atoms with Gasteiger partial charge in [-0.1, -0.05) is 20.8 Å². The lowest BCUT2D eigenvalue weighted by Crippen LogP contribution is -2.62. The Morgan fingerprint density at radius 1 is 0.667 bits per heavy atom. The van der Waals surface area contributed by atoms with Crippen molar-refractivity contribution in [2.75, 3.05) is 19.8 Å². The second-order valence-electron chi connectivity index (χ2n) is 6.62. The summed E-state index contributed by atoms with van der Waals surface area (Å²) in [6.07, 6.45) is 1.38. The van der Waals surface area contributed by atoms with Crippen molar-refractivity contribution in [3.05, 3.63) is 31.5 Å². The highest BCUT2D eigenvalue weighted by atomic mass is 16.6. The molecule has 3 saturated heterocycles. The first-order valence-electron chi connectivity index (χ1n) is 8.35. The topological polar surface area (TPSA) is 104 Å². The van der Waals surface area contributed by atoms with Crippen molar-refractivity contribution in [2.24, 2.45) is 0 Å². The van der Waals surface area contributed by atoms with Crippen molar-refractivity contribution >= 4 is 0 Å². The van der Waals surface area contributed by atoms with Crippen molar-refractivity contribution < 1.29 is 14.2 Å². The van der Waals surface area contributed by atoms with Crippen LogP contribution in [0, 0.1) is 0 Å². The lowest BCUT2D eigenvalue weighted by molar-refractivity contribution is 0.132. The maximum absolute atomic E-state index is 13.0. The molecule has 0 radical (unpaired) electrons. The molecule has 0 N–H and O–H groups in total. The Morgan fingerprint density at radius 2 is 0.875 bits per heavy atom. The minimum absolute atomic E-state index is 0.275. The van der Waals surface area contributed by atoms with Crippen LogP contribution >= 0.6 is 0 Å². The van der Waals surface area contributed by atoms with E-state index in [4.69, 9.17) is 14.2 Å². The number of ether oxygens (including phenoxy) is 3. The third-order valence-electron chi connectivity index (χ3n) is 5.46. The summed E-state index contributed by atoms with van der Waals surface area (Å²) in [4.78, 5) is 39.0. The quantitative estimate of drug-likeness (QED) is 0.644. The molecule has 9 heteroatoms. The highest BCUT2D eigenvalue weighted by molar-refractivity contribution is 5.01. The average Bonchev–Trinajstić information content (AvgIpc) is 3.43. The first kappa shape index (κ1) is 15.8. The van der Waals surface area contributed by atoms with Gasteiger partial charge in [0.25, 0.3) is 0 Å². The SMILES string of the molecule is CCC1(n2c(=O)n(C3(CC)CO3)c(=O)n(C3(CC)CO3)c2=O)CO1. The maximum atomic E-state index is 13.0. The molecule has 3 aliphatic rings. The maximum Gasteiger partial charge on any atom is 0.341 e. The molecule has 9 nitrogen and oxygen atoms in total. The molecule has 3 unspecified atom stereocenters. The zero-order valence-corrected chi connectivity index (χ0v) is 14.0. The molecular formula is C15H21N3O6. The van der Waals surface area contributed by atoms with Gasteiger partial charge < -0.3 is 14.2 Å². The summed E-state index contributed by atoms with van der Waals surface area (Å²) in [5.41, 5.74) is -4.94.